The maximum absolute atomic E-state index is 13.1. The summed E-state index contributed by atoms with van der Waals surface area (Å²) in [5, 5.41) is 27.0. The van der Waals surface area contributed by atoms with Gasteiger partial charge in [-0.05, 0) is 25.7 Å². The number of guanidine groups is 1. The van der Waals surface area contributed by atoms with Crippen LogP contribution in [0.4, 0.5) is 0 Å². The van der Waals surface area contributed by atoms with Crippen molar-refractivity contribution in [1.29, 1.82) is 0 Å². The molecule has 4 atom stereocenters. The zero-order valence-electron chi connectivity index (χ0n) is 21.8. The van der Waals surface area contributed by atoms with Crippen molar-refractivity contribution >= 4 is 47.4 Å². The normalized spacial score (nSPS) is 13.4. The lowest BCUT2D eigenvalue weighted by Gasteiger charge is -2.25. The lowest BCUT2D eigenvalue weighted by Crippen LogP contribution is -2.58. The highest BCUT2D eigenvalue weighted by molar-refractivity contribution is 5.95. The molecule has 19 heteroatoms. The molecule has 0 spiro atoms. The van der Waals surface area contributed by atoms with Crippen LogP contribution in [0.1, 0.15) is 38.5 Å². The first-order chi connectivity index (χ1) is 18.7. The number of aliphatic imine (C=N–C) groups is 1. The molecule has 226 valence electrons. The molecule has 0 aliphatic heterocycles. The van der Waals surface area contributed by atoms with Crippen LogP contribution in [0.25, 0.3) is 0 Å². The Labute approximate surface area is 229 Å². The number of nitrogens with one attached hydrogen (secondary N) is 4. The average molecular weight is 575 g/mol. The predicted molar refractivity (Wildman–Crippen MR) is 138 cm³/mol. The fourth-order valence-corrected chi connectivity index (χ4v) is 3.08. The first kappa shape index (κ1) is 35.5. The van der Waals surface area contributed by atoms with Crippen LogP contribution in [0, 0.1) is 0 Å². The zero-order valence-corrected chi connectivity index (χ0v) is 21.8. The highest BCUT2D eigenvalue weighted by Gasteiger charge is 2.30. The standard InChI is InChI=1S/C21H38N10O9/c22-10(9-32)17(37)29-11(2-1-7-27-21(25)26)19(39)31-13(4-6-15(24)34)20(40)30-12(3-5-14(23)33)18(38)28-8-16(35)36/h10-13,32H,1-9,22H2,(H2,23,33)(H2,24,34)(H,28,38)(H,29,37)(H,30,40)(H,31,39)(H,35,36)(H4,25,26,27). The number of carboxylic acids is 1. The molecule has 0 bridgehead atoms. The van der Waals surface area contributed by atoms with E-state index in [2.05, 4.69) is 26.3 Å². The maximum atomic E-state index is 13.1. The number of aliphatic carboxylic acids is 1. The molecule has 0 saturated carbocycles. The highest BCUT2D eigenvalue weighted by Crippen LogP contribution is 2.06. The van der Waals surface area contributed by atoms with Gasteiger partial charge in [0.2, 0.25) is 35.4 Å². The number of hydrogen-bond donors (Lipinski definition) is 11. The number of nitrogens with zero attached hydrogens (tertiary/aromatic N) is 1. The molecule has 6 amide bonds. The largest absolute Gasteiger partial charge is 0.480 e. The topological polar surface area (TPSA) is 351 Å². The number of amides is 6. The number of carbonyl (C=O) groups is 7. The molecule has 0 aliphatic carbocycles. The number of carbonyl (C=O) groups excluding carboxylic acids is 6. The molecule has 0 aromatic rings. The van der Waals surface area contributed by atoms with E-state index in [0.717, 1.165) is 0 Å². The van der Waals surface area contributed by atoms with Crippen LogP contribution < -0.4 is 49.9 Å². The summed E-state index contributed by atoms with van der Waals surface area (Å²) in [6.45, 7) is -1.40. The van der Waals surface area contributed by atoms with Gasteiger partial charge in [-0.2, -0.15) is 0 Å². The minimum Gasteiger partial charge on any atom is -0.480 e. The van der Waals surface area contributed by atoms with E-state index in [0.29, 0.717) is 0 Å². The van der Waals surface area contributed by atoms with E-state index in [1.54, 1.807) is 0 Å². The van der Waals surface area contributed by atoms with Crippen LogP contribution in [-0.2, 0) is 33.6 Å². The molecule has 0 aromatic heterocycles. The summed E-state index contributed by atoms with van der Waals surface area (Å²) in [6.07, 6.45) is -1.18. The van der Waals surface area contributed by atoms with Gasteiger partial charge in [-0.15, -0.1) is 0 Å². The minimum absolute atomic E-state index is 0.0323. The Hall–Kier alpha value is -4.52. The summed E-state index contributed by atoms with van der Waals surface area (Å²) in [6, 6.07) is -5.53. The summed E-state index contributed by atoms with van der Waals surface area (Å²) >= 11 is 0. The average Bonchev–Trinajstić information content (AvgIpc) is 2.87. The second kappa shape index (κ2) is 18.7. The first-order valence-corrected chi connectivity index (χ1v) is 12.1. The Balaban J connectivity index is 5.83. The highest BCUT2D eigenvalue weighted by atomic mass is 16.4. The quantitative estimate of drug-likeness (QED) is 0.0367. The van der Waals surface area contributed by atoms with Gasteiger partial charge in [0, 0.05) is 19.4 Å². The van der Waals surface area contributed by atoms with E-state index in [1.807, 2.05) is 0 Å². The molecule has 40 heavy (non-hydrogen) atoms. The third-order valence-corrected chi connectivity index (χ3v) is 5.15. The summed E-state index contributed by atoms with van der Waals surface area (Å²) < 4.78 is 0. The Kier molecular flexibility index (Phi) is 16.6. The second-order valence-electron chi connectivity index (χ2n) is 8.54. The fourth-order valence-electron chi connectivity index (χ4n) is 3.08. The number of primary amides is 2. The summed E-state index contributed by atoms with van der Waals surface area (Å²) in [7, 11) is 0. The van der Waals surface area contributed by atoms with Crippen LogP contribution in [0.2, 0.25) is 0 Å². The number of aliphatic hydroxyl groups is 1. The lowest BCUT2D eigenvalue weighted by atomic mass is 10.0. The van der Waals surface area contributed by atoms with E-state index in [4.69, 9.17) is 38.9 Å². The molecule has 4 unspecified atom stereocenters. The third kappa shape index (κ3) is 15.7. The van der Waals surface area contributed by atoms with E-state index in [1.165, 1.54) is 0 Å². The van der Waals surface area contributed by atoms with Crippen LogP contribution in [0.3, 0.4) is 0 Å². The summed E-state index contributed by atoms with van der Waals surface area (Å²) in [4.78, 5) is 87.9. The number of carboxylic acid groups (broad SMARTS) is 1. The smallest absolute Gasteiger partial charge is 0.322 e. The SMILES string of the molecule is NC(=O)CCC(NC(=O)C(CCC(N)=O)NC(=O)C(CCCN=C(N)N)NC(=O)C(N)CO)C(=O)NCC(=O)O. The number of nitrogens with two attached hydrogens (primary N) is 5. The van der Waals surface area contributed by atoms with Gasteiger partial charge in [0.15, 0.2) is 5.96 Å². The summed E-state index contributed by atoms with van der Waals surface area (Å²) in [5.41, 5.74) is 26.3. The van der Waals surface area contributed by atoms with Crippen LogP contribution in [0.15, 0.2) is 4.99 Å². The van der Waals surface area contributed by atoms with E-state index in [-0.39, 0.29) is 51.0 Å². The first-order valence-electron chi connectivity index (χ1n) is 12.1. The predicted octanol–water partition coefficient (Wildman–Crippen LogP) is -6.45. The van der Waals surface area contributed by atoms with Gasteiger partial charge in [-0.3, -0.25) is 38.6 Å². The monoisotopic (exact) mass is 574 g/mol. The van der Waals surface area contributed by atoms with Crippen molar-refractivity contribution in [2.45, 2.75) is 62.7 Å². The second-order valence-corrected chi connectivity index (χ2v) is 8.54. The van der Waals surface area contributed by atoms with E-state index in [9.17, 15) is 33.6 Å². The molecule has 0 radical (unpaired) electrons. The molecule has 19 nitrogen and oxygen atoms in total. The summed E-state index contributed by atoms with van der Waals surface area (Å²) in [5.74, 6) is -6.87. The Morgan fingerprint density at radius 3 is 1.57 bits per heavy atom. The van der Waals surface area contributed by atoms with Crippen molar-refractivity contribution in [2.24, 2.45) is 33.7 Å². The Morgan fingerprint density at radius 1 is 0.700 bits per heavy atom. The van der Waals surface area contributed by atoms with Gasteiger partial charge in [-0.1, -0.05) is 0 Å². The van der Waals surface area contributed by atoms with Crippen LogP contribution in [0.5, 0.6) is 0 Å². The Bertz CT molecular complexity index is 955. The van der Waals surface area contributed by atoms with Crippen LogP contribution >= 0.6 is 0 Å². The molecule has 0 saturated heterocycles. The molecule has 0 aromatic carbocycles. The van der Waals surface area contributed by atoms with E-state index >= 15 is 0 Å². The van der Waals surface area contributed by atoms with Crippen molar-refractivity contribution in [3.8, 4) is 0 Å². The molecule has 16 N–H and O–H groups in total. The molecule has 0 rings (SSSR count). The number of rotatable bonds is 20. The van der Waals surface area contributed by atoms with E-state index < -0.39 is 78.7 Å². The van der Waals surface area contributed by atoms with Crippen molar-refractivity contribution in [3.63, 3.8) is 0 Å². The third-order valence-electron chi connectivity index (χ3n) is 5.15. The lowest BCUT2D eigenvalue weighted by molar-refractivity contribution is -0.138. The zero-order chi connectivity index (χ0) is 30.8. The van der Waals surface area contributed by atoms with Gasteiger partial charge < -0.3 is 60.1 Å². The molecule has 0 fully saturated rings. The number of hydrogen-bond acceptors (Lipinski definition) is 10. The van der Waals surface area contributed by atoms with Crippen LogP contribution in [-0.4, -0.2) is 101 Å². The fraction of sp³-hybridized carbons (Fsp3) is 0.619. The molecular formula is C21H38N10O9. The van der Waals surface area contributed by atoms with Crippen molar-refractivity contribution in [3.05, 3.63) is 0 Å². The Morgan fingerprint density at radius 2 is 1.15 bits per heavy atom. The molecule has 0 aliphatic rings. The van der Waals surface area contributed by atoms with Gasteiger partial charge >= 0.3 is 5.97 Å². The maximum Gasteiger partial charge on any atom is 0.322 e. The van der Waals surface area contributed by atoms with Gasteiger partial charge in [-0.25, -0.2) is 0 Å². The number of aliphatic hydroxyl groups excluding tert-OH is 1. The van der Waals surface area contributed by atoms with Crippen molar-refractivity contribution in [2.75, 3.05) is 19.7 Å². The molecule has 0 heterocycles. The van der Waals surface area contributed by atoms with Crippen molar-refractivity contribution < 1.29 is 43.8 Å². The minimum atomic E-state index is -1.47. The van der Waals surface area contributed by atoms with Crippen molar-refractivity contribution in [1.82, 2.24) is 21.3 Å². The van der Waals surface area contributed by atoms with Gasteiger partial charge in [0.1, 0.15) is 30.7 Å². The van der Waals surface area contributed by atoms with Gasteiger partial charge in [0.25, 0.3) is 0 Å². The van der Waals surface area contributed by atoms with Gasteiger partial charge in [0.05, 0.1) is 6.61 Å². The molecular weight excluding hydrogens is 536 g/mol.